The number of benzene rings is 2. The summed E-state index contributed by atoms with van der Waals surface area (Å²) >= 11 is 6.18. The van der Waals surface area contributed by atoms with Crippen LogP contribution in [-0.4, -0.2) is 12.1 Å². The molecular weight excluding hydrogens is 319 g/mol. The van der Waals surface area contributed by atoms with Crippen molar-refractivity contribution >= 4 is 32.1 Å². The number of carbonyl (C=O) groups excluding carboxylic acids is 1. The summed E-state index contributed by atoms with van der Waals surface area (Å²) in [5.74, 6) is 0.583. The summed E-state index contributed by atoms with van der Waals surface area (Å²) in [6, 6.07) is 12.3. The Balaban J connectivity index is 2.27. The summed E-state index contributed by atoms with van der Waals surface area (Å²) in [4.78, 5) is 12.3. The first-order chi connectivity index (χ1) is 10.5. The van der Waals surface area contributed by atoms with Gasteiger partial charge in [0, 0.05) is 5.30 Å². The lowest BCUT2D eigenvalue weighted by molar-refractivity contribution is 0.0735. The van der Waals surface area contributed by atoms with Crippen molar-refractivity contribution in [2.45, 2.75) is 26.4 Å². The molecule has 0 aliphatic carbocycles. The van der Waals surface area contributed by atoms with Crippen LogP contribution in [0.3, 0.4) is 0 Å². The van der Waals surface area contributed by atoms with Crippen LogP contribution in [0.4, 0.5) is 0 Å². The fraction of sp³-hybridized carbons (Fsp3) is 0.235. The molecule has 0 saturated carbocycles. The van der Waals surface area contributed by atoms with Crippen LogP contribution in [0.5, 0.6) is 11.5 Å². The molecule has 0 aliphatic rings. The maximum Gasteiger partial charge on any atom is 0.344 e. The number of carbonyl (C=O) groups is 1. The number of halogens is 1. The van der Waals surface area contributed by atoms with E-state index in [-0.39, 0.29) is 6.10 Å². The normalized spacial score (nSPS) is 11.8. The lowest BCUT2D eigenvalue weighted by Gasteiger charge is -2.15. The highest BCUT2D eigenvalue weighted by molar-refractivity contribution is 7.28. The number of para-hydroxylation sites is 1. The first kappa shape index (κ1) is 16.8. The van der Waals surface area contributed by atoms with Crippen molar-refractivity contribution in [3.8, 4) is 11.5 Å². The molecular formula is C17H18ClO3P. The molecule has 0 fully saturated rings. The fourth-order valence-electron chi connectivity index (χ4n) is 1.80. The van der Waals surface area contributed by atoms with E-state index in [1.807, 2.05) is 19.9 Å². The summed E-state index contributed by atoms with van der Waals surface area (Å²) in [6.07, 6.45) is 0.911. The Morgan fingerprint density at radius 2 is 1.91 bits per heavy atom. The molecule has 116 valence electrons. The Kier molecular flexibility index (Phi) is 5.82. The Labute approximate surface area is 137 Å². The van der Waals surface area contributed by atoms with Gasteiger partial charge in [0.25, 0.3) is 0 Å². The lowest BCUT2D eigenvalue weighted by atomic mass is 10.2. The molecule has 0 spiro atoms. The molecule has 0 bridgehead atoms. The van der Waals surface area contributed by atoms with Gasteiger partial charge in [-0.25, -0.2) is 4.79 Å². The first-order valence-corrected chi connectivity index (χ1v) is 7.99. The lowest BCUT2D eigenvalue weighted by Crippen LogP contribution is -2.18. The van der Waals surface area contributed by atoms with Crippen LogP contribution in [-0.2, 0) is 0 Å². The highest BCUT2D eigenvalue weighted by atomic mass is 35.5. The molecule has 3 nitrogen and oxygen atoms in total. The van der Waals surface area contributed by atoms with Crippen LogP contribution in [0.1, 0.15) is 30.6 Å². The van der Waals surface area contributed by atoms with Crippen LogP contribution in [0.2, 0.25) is 5.02 Å². The van der Waals surface area contributed by atoms with Gasteiger partial charge in [0.15, 0.2) is 0 Å². The van der Waals surface area contributed by atoms with Crippen molar-refractivity contribution in [3.63, 3.8) is 0 Å². The Hall–Kier alpha value is -1.57. The number of hydrogen-bond acceptors (Lipinski definition) is 3. The van der Waals surface area contributed by atoms with Crippen LogP contribution >= 0.6 is 20.8 Å². The van der Waals surface area contributed by atoms with Crippen molar-refractivity contribution in [1.29, 1.82) is 0 Å². The van der Waals surface area contributed by atoms with Crippen LogP contribution in [0.25, 0.3) is 0 Å². The largest absolute Gasteiger partial charge is 0.491 e. The molecule has 2 atom stereocenters. The van der Waals surface area contributed by atoms with Gasteiger partial charge in [-0.3, -0.25) is 0 Å². The van der Waals surface area contributed by atoms with Crippen molar-refractivity contribution in [1.82, 2.24) is 0 Å². The van der Waals surface area contributed by atoms with Gasteiger partial charge in [0.2, 0.25) is 0 Å². The predicted molar refractivity (Wildman–Crippen MR) is 92.6 cm³/mol. The number of hydrogen-bond donors (Lipinski definition) is 0. The van der Waals surface area contributed by atoms with Crippen molar-refractivity contribution in [3.05, 3.63) is 53.1 Å². The minimum Gasteiger partial charge on any atom is -0.491 e. The zero-order valence-electron chi connectivity index (χ0n) is 12.5. The van der Waals surface area contributed by atoms with Crippen LogP contribution < -0.4 is 14.8 Å². The second-order valence-corrected chi connectivity index (χ2v) is 5.89. The molecule has 5 heteroatoms. The SMILES string of the molecule is CCC(C)Oc1cc(Cl)c(P)c(C(=O)Oc2ccccc2)c1. The van der Waals surface area contributed by atoms with Gasteiger partial charge in [-0.15, -0.1) is 9.24 Å². The van der Waals surface area contributed by atoms with E-state index >= 15 is 0 Å². The highest BCUT2D eigenvalue weighted by Gasteiger charge is 2.17. The summed E-state index contributed by atoms with van der Waals surface area (Å²) in [7, 11) is 2.47. The van der Waals surface area contributed by atoms with E-state index in [0.717, 1.165) is 6.42 Å². The average molecular weight is 337 g/mol. The van der Waals surface area contributed by atoms with Crippen molar-refractivity contribution < 1.29 is 14.3 Å². The summed E-state index contributed by atoms with van der Waals surface area (Å²) in [5.41, 5.74) is 0.375. The smallest absolute Gasteiger partial charge is 0.344 e. The van der Waals surface area contributed by atoms with Gasteiger partial charge in [0.1, 0.15) is 11.5 Å². The van der Waals surface area contributed by atoms with E-state index < -0.39 is 5.97 Å². The van der Waals surface area contributed by atoms with E-state index in [0.29, 0.717) is 27.4 Å². The fourth-order valence-corrected chi connectivity index (χ4v) is 2.29. The monoisotopic (exact) mass is 336 g/mol. The van der Waals surface area contributed by atoms with Gasteiger partial charge < -0.3 is 9.47 Å². The summed E-state index contributed by atoms with van der Waals surface area (Å²) in [6.45, 7) is 3.99. The van der Waals surface area contributed by atoms with Crippen molar-refractivity contribution in [2.75, 3.05) is 0 Å². The Morgan fingerprint density at radius 1 is 1.23 bits per heavy atom. The third-order valence-corrected chi connectivity index (χ3v) is 4.31. The highest BCUT2D eigenvalue weighted by Crippen LogP contribution is 2.24. The summed E-state index contributed by atoms with van der Waals surface area (Å²) < 4.78 is 11.1. The number of esters is 1. The van der Waals surface area contributed by atoms with Gasteiger partial charge in [-0.05, 0) is 37.6 Å². The molecule has 2 aromatic carbocycles. The van der Waals surface area contributed by atoms with E-state index in [1.54, 1.807) is 36.4 Å². The minimum absolute atomic E-state index is 0.0458. The molecule has 0 amide bonds. The van der Waals surface area contributed by atoms with Gasteiger partial charge in [-0.2, -0.15) is 0 Å². The third-order valence-electron chi connectivity index (χ3n) is 3.19. The van der Waals surface area contributed by atoms with Gasteiger partial charge in [0.05, 0.1) is 16.7 Å². The minimum atomic E-state index is -0.465. The number of ether oxygens (including phenoxy) is 2. The van der Waals surface area contributed by atoms with Crippen LogP contribution in [0, 0.1) is 0 Å². The first-order valence-electron chi connectivity index (χ1n) is 7.04. The number of rotatable bonds is 5. The van der Waals surface area contributed by atoms with Gasteiger partial charge in [-0.1, -0.05) is 36.7 Å². The average Bonchev–Trinajstić information content (AvgIpc) is 2.51. The molecule has 0 aliphatic heterocycles. The molecule has 0 saturated heterocycles. The second-order valence-electron chi connectivity index (χ2n) is 4.91. The maximum absolute atomic E-state index is 12.3. The molecule has 0 aromatic heterocycles. The molecule has 0 heterocycles. The molecule has 2 rings (SSSR count). The zero-order valence-corrected chi connectivity index (χ0v) is 14.4. The second kappa shape index (κ2) is 7.62. The zero-order chi connectivity index (χ0) is 16.1. The Bertz CT molecular complexity index is 658. The van der Waals surface area contributed by atoms with E-state index in [1.165, 1.54) is 0 Å². The standard InChI is InChI=1S/C17H18ClO3P/c1-3-11(2)20-13-9-14(16(22)15(18)10-13)17(19)21-12-7-5-4-6-8-12/h4-11H,3,22H2,1-2H3. The summed E-state index contributed by atoms with van der Waals surface area (Å²) in [5, 5.41) is 1.05. The van der Waals surface area contributed by atoms with E-state index in [2.05, 4.69) is 9.24 Å². The van der Waals surface area contributed by atoms with Crippen molar-refractivity contribution in [2.24, 2.45) is 0 Å². The third kappa shape index (κ3) is 4.22. The molecule has 0 N–H and O–H groups in total. The topological polar surface area (TPSA) is 35.5 Å². The van der Waals surface area contributed by atoms with E-state index in [4.69, 9.17) is 21.1 Å². The maximum atomic E-state index is 12.3. The molecule has 2 unspecified atom stereocenters. The molecule has 0 radical (unpaired) electrons. The molecule has 22 heavy (non-hydrogen) atoms. The molecule has 2 aromatic rings. The quantitative estimate of drug-likeness (QED) is 0.465. The van der Waals surface area contributed by atoms with E-state index in [9.17, 15) is 4.79 Å². The predicted octanol–water partition coefficient (Wildman–Crippen LogP) is 4.24. The Morgan fingerprint density at radius 3 is 2.55 bits per heavy atom. The van der Waals surface area contributed by atoms with Crippen LogP contribution in [0.15, 0.2) is 42.5 Å². The van der Waals surface area contributed by atoms with Gasteiger partial charge >= 0.3 is 5.97 Å².